The molecule has 0 N–H and O–H groups in total. The third kappa shape index (κ3) is 2.16. The normalized spacial score (nSPS) is 11.2. The first kappa shape index (κ1) is 13.1. The van der Waals surface area contributed by atoms with Crippen molar-refractivity contribution in [2.75, 3.05) is 0 Å². The van der Waals surface area contributed by atoms with E-state index in [2.05, 4.69) is 10.1 Å². The summed E-state index contributed by atoms with van der Waals surface area (Å²) in [7, 11) is 0. The number of fused-ring (bicyclic) bond motifs is 1. The van der Waals surface area contributed by atoms with Gasteiger partial charge in [-0.25, -0.2) is 13.9 Å². The largest absolute Gasteiger partial charge is 0.233 e. The van der Waals surface area contributed by atoms with Crippen LogP contribution >= 0.6 is 11.6 Å². The maximum atomic E-state index is 13.8. The standard InChI is InChI=1S/C15H13ClFN3/c1-9-7-14-18-10(2)12(15(16)20(14)19-9)8-11-5-3-4-6-13(11)17/h3-7H,8H2,1-2H3. The molecular formula is C15H13ClFN3. The highest BCUT2D eigenvalue weighted by molar-refractivity contribution is 6.30. The molecule has 0 aliphatic carbocycles. The van der Waals surface area contributed by atoms with Crippen LogP contribution in [0.2, 0.25) is 5.15 Å². The quantitative estimate of drug-likeness (QED) is 0.673. The van der Waals surface area contributed by atoms with Gasteiger partial charge in [-0.15, -0.1) is 0 Å². The molecule has 2 aromatic heterocycles. The number of hydrogen-bond acceptors (Lipinski definition) is 2. The summed E-state index contributed by atoms with van der Waals surface area (Å²) in [4.78, 5) is 4.48. The van der Waals surface area contributed by atoms with Gasteiger partial charge in [-0.05, 0) is 25.5 Å². The van der Waals surface area contributed by atoms with Gasteiger partial charge < -0.3 is 0 Å². The topological polar surface area (TPSA) is 30.2 Å². The second-order valence-electron chi connectivity index (χ2n) is 4.79. The highest BCUT2D eigenvalue weighted by Crippen LogP contribution is 2.24. The Morgan fingerprint density at radius 2 is 2.00 bits per heavy atom. The van der Waals surface area contributed by atoms with Crippen molar-refractivity contribution in [3.8, 4) is 0 Å². The number of aromatic nitrogens is 3. The first-order valence-electron chi connectivity index (χ1n) is 6.31. The molecule has 0 aliphatic heterocycles. The SMILES string of the molecule is Cc1cc2nc(C)c(Cc3ccccc3F)c(Cl)n2n1. The van der Waals surface area contributed by atoms with Crippen molar-refractivity contribution in [2.45, 2.75) is 20.3 Å². The monoisotopic (exact) mass is 289 g/mol. The summed E-state index contributed by atoms with van der Waals surface area (Å²) in [6.07, 6.45) is 0.402. The van der Waals surface area contributed by atoms with Crippen LogP contribution in [0.3, 0.4) is 0 Å². The number of benzene rings is 1. The molecule has 20 heavy (non-hydrogen) atoms. The fraction of sp³-hybridized carbons (Fsp3) is 0.200. The molecule has 5 heteroatoms. The minimum atomic E-state index is -0.236. The van der Waals surface area contributed by atoms with Gasteiger partial charge in [0, 0.05) is 23.7 Å². The molecule has 0 bridgehead atoms. The van der Waals surface area contributed by atoms with Crippen LogP contribution in [0.4, 0.5) is 4.39 Å². The molecule has 0 atom stereocenters. The lowest BCUT2D eigenvalue weighted by molar-refractivity contribution is 0.613. The smallest absolute Gasteiger partial charge is 0.157 e. The van der Waals surface area contributed by atoms with Gasteiger partial charge in [0.1, 0.15) is 11.0 Å². The van der Waals surface area contributed by atoms with E-state index in [4.69, 9.17) is 11.6 Å². The van der Waals surface area contributed by atoms with E-state index in [-0.39, 0.29) is 5.82 Å². The summed E-state index contributed by atoms with van der Waals surface area (Å²) in [5, 5.41) is 4.80. The summed E-state index contributed by atoms with van der Waals surface area (Å²) >= 11 is 6.40. The van der Waals surface area contributed by atoms with E-state index in [0.717, 1.165) is 17.0 Å². The molecule has 0 unspecified atom stereocenters. The Morgan fingerprint density at radius 1 is 1.25 bits per heavy atom. The van der Waals surface area contributed by atoms with Crippen molar-refractivity contribution in [3.63, 3.8) is 0 Å². The van der Waals surface area contributed by atoms with Gasteiger partial charge in [0.05, 0.1) is 5.69 Å². The van der Waals surface area contributed by atoms with Gasteiger partial charge in [-0.2, -0.15) is 5.10 Å². The molecule has 0 amide bonds. The maximum absolute atomic E-state index is 13.8. The minimum Gasteiger partial charge on any atom is -0.233 e. The zero-order valence-electron chi connectivity index (χ0n) is 11.2. The highest BCUT2D eigenvalue weighted by atomic mass is 35.5. The fourth-order valence-corrected chi connectivity index (χ4v) is 2.59. The van der Waals surface area contributed by atoms with Gasteiger partial charge in [0.15, 0.2) is 5.65 Å². The van der Waals surface area contributed by atoms with Crippen LogP contribution < -0.4 is 0 Å². The zero-order chi connectivity index (χ0) is 14.3. The molecule has 0 spiro atoms. The second kappa shape index (κ2) is 4.87. The summed E-state index contributed by atoms with van der Waals surface area (Å²) in [6.45, 7) is 3.77. The van der Waals surface area contributed by atoms with E-state index in [1.54, 1.807) is 16.6 Å². The van der Waals surface area contributed by atoms with Gasteiger partial charge in [-0.1, -0.05) is 29.8 Å². The molecule has 0 fully saturated rings. The van der Waals surface area contributed by atoms with Crippen molar-refractivity contribution in [2.24, 2.45) is 0 Å². The number of aryl methyl sites for hydroxylation is 2. The lowest BCUT2D eigenvalue weighted by Crippen LogP contribution is -2.04. The van der Waals surface area contributed by atoms with Gasteiger partial charge >= 0.3 is 0 Å². The van der Waals surface area contributed by atoms with Crippen molar-refractivity contribution < 1.29 is 4.39 Å². The molecule has 0 aliphatic rings. The predicted molar refractivity (Wildman–Crippen MR) is 76.7 cm³/mol. The number of hydrogen-bond donors (Lipinski definition) is 0. The molecule has 102 valence electrons. The van der Waals surface area contributed by atoms with E-state index < -0.39 is 0 Å². The summed E-state index contributed by atoms with van der Waals surface area (Å²) < 4.78 is 15.4. The van der Waals surface area contributed by atoms with Crippen molar-refractivity contribution in [1.29, 1.82) is 0 Å². The first-order valence-corrected chi connectivity index (χ1v) is 6.69. The van der Waals surface area contributed by atoms with Crippen molar-refractivity contribution >= 4 is 17.2 Å². The maximum Gasteiger partial charge on any atom is 0.157 e. The van der Waals surface area contributed by atoms with E-state index in [1.807, 2.05) is 26.0 Å². The molecule has 0 saturated carbocycles. The fourth-order valence-electron chi connectivity index (χ4n) is 2.26. The van der Waals surface area contributed by atoms with Gasteiger partial charge in [-0.3, -0.25) is 0 Å². The summed E-state index contributed by atoms with van der Waals surface area (Å²) in [5.74, 6) is -0.236. The summed E-state index contributed by atoms with van der Waals surface area (Å²) in [6, 6.07) is 8.55. The van der Waals surface area contributed by atoms with Crippen LogP contribution in [-0.4, -0.2) is 14.6 Å². The summed E-state index contributed by atoms with van der Waals surface area (Å²) in [5.41, 5.74) is 3.75. The minimum absolute atomic E-state index is 0.236. The zero-order valence-corrected chi connectivity index (χ0v) is 11.9. The Kier molecular flexibility index (Phi) is 3.18. The van der Waals surface area contributed by atoms with E-state index in [9.17, 15) is 4.39 Å². The number of halogens is 2. The van der Waals surface area contributed by atoms with Crippen LogP contribution in [0.1, 0.15) is 22.5 Å². The average molecular weight is 290 g/mol. The number of nitrogens with zero attached hydrogens (tertiary/aromatic N) is 3. The third-order valence-electron chi connectivity index (χ3n) is 3.29. The van der Waals surface area contributed by atoms with Crippen LogP contribution in [0.5, 0.6) is 0 Å². The molecule has 3 nitrogen and oxygen atoms in total. The average Bonchev–Trinajstić information content (AvgIpc) is 2.77. The first-order chi connectivity index (χ1) is 9.56. The van der Waals surface area contributed by atoms with Gasteiger partial charge in [0.2, 0.25) is 0 Å². The predicted octanol–water partition coefficient (Wildman–Crippen LogP) is 3.73. The Hall–Kier alpha value is -1.94. The molecule has 0 saturated heterocycles. The Morgan fingerprint density at radius 3 is 2.75 bits per heavy atom. The number of rotatable bonds is 2. The molecule has 1 aromatic carbocycles. The van der Waals surface area contributed by atoms with E-state index in [1.165, 1.54) is 6.07 Å². The second-order valence-corrected chi connectivity index (χ2v) is 5.15. The third-order valence-corrected chi connectivity index (χ3v) is 3.68. The van der Waals surface area contributed by atoms with Gasteiger partial charge in [0.25, 0.3) is 0 Å². The Labute approximate surface area is 121 Å². The molecule has 0 radical (unpaired) electrons. The molecule has 3 rings (SSSR count). The van der Waals surface area contributed by atoms with Crippen molar-refractivity contribution in [3.05, 3.63) is 63.8 Å². The van der Waals surface area contributed by atoms with Crippen LogP contribution in [0.25, 0.3) is 5.65 Å². The molecule has 2 heterocycles. The van der Waals surface area contributed by atoms with Crippen molar-refractivity contribution in [1.82, 2.24) is 14.6 Å². The highest BCUT2D eigenvalue weighted by Gasteiger charge is 2.14. The molecular weight excluding hydrogens is 277 g/mol. The van der Waals surface area contributed by atoms with Crippen LogP contribution in [-0.2, 0) is 6.42 Å². The Bertz CT molecular complexity index is 795. The van der Waals surface area contributed by atoms with E-state index in [0.29, 0.717) is 22.8 Å². The van der Waals surface area contributed by atoms with E-state index >= 15 is 0 Å². The van der Waals surface area contributed by atoms with Crippen LogP contribution in [0, 0.1) is 19.7 Å². The lowest BCUT2D eigenvalue weighted by Gasteiger charge is -2.10. The molecule has 3 aromatic rings. The lowest BCUT2D eigenvalue weighted by atomic mass is 10.0. The van der Waals surface area contributed by atoms with Crippen LogP contribution in [0.15, 0.2) is 30.3 Å². The Balaban J connectivity index is 2.14.